The van der Waals surface area contributed by atoms with Crippen molar-refractivity contribution in [2.45, 2.75) is 43.2 Å². The zero-order valence-electron chi connectivity index (χ0n) is 16.6. The van der Waals surface area contributed by atoms with Crippen LogP contribution in [0.1, 0.15) is 35.7 Å². The molecular weight excluding hydrogens is 463 g/mol. The average molecular weight is 483 g/mol. The van der Waals surface area contributed by atoms with Gasteiger partial charge in [-0.3, -0.25) is 4.79 Å². The highest BCUT2D eigenvalue weighted by molar-refractivity contribution is 7.89. The summed E-state index contributed by atoms with van der Waals surface area (Å²) in [6, 6.07) is 9.62. The van der Waals surface area contributed by atoms with Crippen molar-refractivity contribution in [3.8, 4) is 0 Å². The predicted molar refractivity (Wildman–Crippen MR) is 117 cm³/mol. The van der Waals surface area contributed by atoms with Crippen LogP contribution in [0.4, 0.5) is 5.69 Å². The Morgan fingerprint density at radius 3 is 2.58 bits per heavy atom. The van der Waals surface area contributed by atoms with Gasteiger partial charge in [0.2, 0.25) is 10.0 Å². The number of esters is 1. The van der Waals surface area contributed by atoms with Crippen LogP contribution in [0.5, 0.6) is 0 Å². The van der Waals surface area contributed by atoms with Crippen molar-refractivity contribution in [1.29, 1.82) is 0 Å². The Kier molecular flexibility index (Phi) is 6.00. The van der Waals surface area contributed by atoms with Gasteiger partial charge in [-0.1, -0.05) is 41.4 Å². The summed E-state index contributed by atoms with van der Waals surface area (Å²) in [4.78, 5) is 26.7. The van der Waals surface area contributed by atoms with Crippen LogP contribution in [0.25, 0.3) is 0 Å². The van der Waals surface area contributed by atoms with Crippen LogP contribution in [-0.2, 0) is 26.0 Å². The van der Waals surface area contributed by atoms with Gasteiger partial charge in [-0.15, -0.1) is 0 Å². The first-order chi connectivity index (χ1) is 14.7. The molecule has 0 bridgehead atoms. The molecule has 1 unspecified atom stereocenters. The molecule has 31 heavy (non-hydrogen) atoms. The van der Waals surface area contributed by atoms with Gasteiger partial charge in [-0.25, -0.2) is 17.9 Å². The monoisotopic (exact) mass is 482 g/mol. The van der Waals surface area contributed by atoms with Crippen molar-refractivity contribution in [2.75, 3.05) is 11.5 Å². The molecule has 0 radical (unpaired) electrons. The third kappa shape index (κ3) is 4.57. The number of carbonyl (C=O) groups excluding carboxylic acids is 2. The summed E-state index contributed by atoms with van der Waals surface area (Å²) in [7, 11) is -3.91. The summed E-state index contributed by atoms with van der Waals surface area (Å²) in [5.41, 5.74) is 1.67. The van der Waals surface area contributed by atoms with Gasteiger partial charge in [0.25, 0.3) is 5.91 Å². The summed E-state index contributed by atoms with van der Waals surface area (Å²) in [5.74, 6) is -1.28. The number of hydrogen-bond donors (Lipinski definition) is 1. The number of benzene rings is 2. The largest absolute Gasteiger partial charge is 0.452 e. The van der Waals surface area contributed by atoms with Crippen molar-refractivity contribution >= 4 is 50.8 Å². The highest BCUT2D eigenvalue weighted by Crippen LogP contribution is 2.33. The molecule has 1 heterocycles. The van der Waals surface area contributed by atoms with E-state index >= 15 is 0 Å². The van der Waals surface area contributed by atoms with Gasteiger partial charge in [-0.2, -0.15) is 0 Å². The summed E-state index contributed by atoms with van der Waals surface area (Å²) in [6.45, 7) is 1.42. The normalized spacial score (nSPS) is 18.0. The first kappa shape index (κ1) is 22.1. The molecule has 0 spiro atoms. The molecule has 1 fully saturated rings. The molecule has 0 aromatic heterocycles. The third-order valence-corrected chi connectivity index (χ3v) is 7.53. The molecule has 164 valence electrons. The quantitative estimate of drug-likeness (QED) is 0.635. The lowest BCUT2D eigenvalue weighted by molar-refractivity contribution is -0.122. The minimum atomic E-state index is -3.91. The molecule has 7 nitrogen and oxygen atoms in total. The van der Waals surface area contributed by atoms with E-state index < -0.39 is 22.6 Å². The number of ether oxygens (including phenoxy) is 1. The molecule has 1 saturated carbocycles. The molecule has 1 atom stereocenters. The number of sulfonamides is 1. The molecule has 10 heteroatoms. The first-order valence-electron chi connectivity index (χ1n) is 9.76. The third-order valence-electron chi connectivity index (χ3n) is 5.23. The number of amides is 1. The number of nitrogens with one attached hydrogen (secondary N) is 1. The maximum Gasteiger partial charge on any atom is 0.340 e. The molecule has 0 saturated heterocycles. The van der Waals surface area contributed by atoms with Crippen molar-refractivity contribution in [2.24, 2.45) is 0 Å². The fourth-order valence-corrected chi connectivity index (χ4v) is 5.75. The first-order valence-corrected chi connectivity index (χ1v) is 12.0. The molecule has 2 aromatic rings. The molecule has 2 aromatic carbocycles. The van der Waals surface area contributed by atoms with E-state index in [1.54, 1.807) is 4.90 Å². The zero-order valence-corrected chi connectivity index (χ0v) is 18.9. The lowest BCUT2D eigenvalue weighted by atomic mass is 10.1. The SMILES string of the molecule is CC1Cc2ccccc2N1C(=O)COC(=O)c1cc(S(=O)(=O)NC2CC2)c(Cl)cc1Cl. The lowest BCUT2D eigenvalue weighted by Gasteiger charge is -2.22. The number of halogens is 2. The topological polar surface area (TPSA) is 92.8 Å². The number of para-hydroxylation sites is 1. The fraction of sp³-hybridized carbons (Fsp3) is 0.333. The molecule has 1 aliphatic carbocycles. The van der Waals surface area contributed by atoms with Crippen LogP contribution in [-0.4, -0.2) is 39.0 Å². The Morgan fingerprint density at radius 1 is 1.16 bits per heavy atom. The van der Waals surface area contributed by atoms with E-state index in [0.717, 1.165) is 30.2 Å². The number of fused-ring (bicyclic) bond motifs is 1. The van der Waals surface area contributed by atoms with Gasteiger partial charge in [0.15, 0.2) is 6.61 Å². The maximum absolute atomic E-state index is 12.7. The maximum atomic E-state index is 12.7. The van der Waals surface area contributed by atoms with Crippen LogP contribution in [0.15, 0.2) is 41.3 Å². The van der Waals surface area contributed by atoms with Crippen molar-refractivity contribution in [3.05, 3.63) is 57.6 Å². The molecule has 2 aliphatic rings. The van der Waals surface area contributed by atoms with Gasteiger partial charge in [0.05, 0.1) is 15.6 Å². The minimum absolute atomic E-state index is 0.0621. The van der Waals surface area contributed by atoms with Gasteiger partial charge in [0, 0.05) is 17.8 Å². The average Bonchev–Trinajstić information content (AvgIpc) is 3.43. The van der Waals surface area contributed by atoms with E-state index in [1.165, 1.54) is 6.07 Å². The second kappa shape index (κ2) is 8.43. The Balaban J connectivity index is 1.50. The van der Waals surface area contributed by atoms with E-state index in [4.69, 9.17) is 27.9 Å². The molecule has 4 rings (SSSR count). The Labute approximate surface area is 190 Å². The van der Waals surface area contributed by atoms with E-state index in [-0.39, 0.29) is 38.5 Å². The lowest BCUT2D eigenvalue weighted by Crippen LogP contribution is -2.38. The molecular formula is C21H20Cl2N2O5S. The highest BCUT2D eigenvalue weighted by atomic mass is 35.5. The predicted octanol–water partition coefficient (Wildman–Crippen LogP) is 3.57. The van der Waals surface area contributed by atoms with Gasteiger partial charge in [-0.05, 0) is 49.9 Å². The van der Waals surface area contributed by atoms with Crippen LogP contribution in [0.2, 0.25) is 10.0 Å². The van der Waals surface area contributed by atoms with Crippen molar-refractivity contribution in [1.82, 2.24) is 4.72 Å². The molecule has 1 aliphatic heterocycles. The van der Waals surface area contributed by atoms with E-state index in [9.17, 15) is 18.0 Å². The highest BCUT2D eigenvalue weighted by Gasteiger charge is 2.32. The van der Waals surface area contributed by atoms with Gasteiger partial charge >= 0.3 is 5.97 Å². The van der Waals surface area contributed by atoms with Crippen LogP contribution in [0, 0.1) is 0 Å². The Bertz CT molecular complexity index is 1160. The van der Waals surface area contributed by atoms with Gasteiger partial charge in [0.1, 0.15) is 4.90 Å². The summed E-state index contributed by atoms with van der Waals surface area (Å²) >= 11 is 12.2. The number of hydrogen-bond acceptors (Lipinski definition) is 5. The van der Waals surface area contributed by atoms with E-state index in [2.05, 4.69) is 4.72 Å². The van der Waals surface area contributed by atoms with Gasteiger partial charge < -0.3 is 9.64 Å². The fourth-order valence-electron chi connectivity index (χ4n) is 3.60. The minimum Gasteiger partial charge on any atom is -0.452 e. The van der Waals surface area contributed by atoms with E-state index in [0.29, 0.717) is 6.42 Å². The smallest absolute Gasteiger partial charge is 0.340 e. The molecule has 1 N–H and O–H groups in total. The van der Waals surface area contributed by atoms with E-state index in [1.807, 2.05) is 31.2 Å². The second-order valence-corrected chi connectivity index (χ2v) is 10.2. The molecule has 1 amide bonds. The van der Waals surface area contributed by atoms with Crippen LogP contribution in [0.3, 0.4) is 0 Å². The van der Waals surface area contributed by atoms with Crippen LogP contribution < -0.4 is 9.62 Å². The van der Waals surface area contributed by atoms with Crippen LogP contribution >= 0.6 is 23.2 Å². The zero-order chi connectivity index (χ0) is 22.3. The number of carbonyl (C=O) groups is 2. The Morgan fingerprint density at radius 2 is 1.87 bits per heavy atom. The summed E-state index contributed by atoms with van der Waals surface area (Å²) in [6.07, 6.45) is 2.22. The Hall–Kier alpha value is -2.13. The van der Waals surface area contributed by atoms with Crippen molar-refractivity contribution in [3.63, 3.8) is 0 Å². The van der Waals surface area contributed by atoms with Crippen molar-refractivity contribution < 1.29 is 22.7 Å². The number of nitrogens with zero attached hydrogens (tertiary/aromatic N) is 1. The number of rotatable bonds is 6. The summed E-state index contributed by atoms with van der Waals surface area (Å²) in [5, 5.41) is -0.166. The second-order valence-electron chi connectivity index (χ2n) is 7.68. The summed E-state index contributed by atoms with van der Waals surface area (Å²) < 4.78 is 32.7. The standard InChI is InChI=1S/C21H20Cl2N2O5S/c1-12-8-13-4-2-3-5-18(13)25(12)20(26)11-30-21(27)15-9-19(17(23)10-16(15)22)31(28,29)24-14-6-7-14/h2-5,9-10,12,14,24H,6-8,11H2,1H3. The number of anilines is 1.